The summed E-state index contributed by atoms with van der Waals surface area (Å²) in [5.41, 5.74) is 0.381. The van der Waals surface area contributed by atoms with Crippen molar-refractivity contribution in [3.8, 4) is 0 Å². The summed E-state index contributed by atoms with van der Waals surface area (Å²) >= 11 is 0. The molecular weight excluding hydrogens is 364 g/mol. The van der Waals surface area contributed by atoms with Crippen molar-refractivity contribution in [2.24, 2.45) is 13.0 Å². The van der Waals surface area contributed by atoms with E-state index >= 15 is 0 Å². The lowest BCUT2D eigenvalue weighted by Gasteiger charge is -2.52. The Morgan fingerprint density at radius 2 is 2.00 bits per heavy atom. The van der Waals surface area contributed by atoms with Crippen LogP contribution < -0.4 is 10.6 Å². The van der Waals surface area contributed by atoms with E-state index in [9.17, 15) is 19.2 Å². The van der Waals surface area contributed by atoms with Crippen LogP contribution in [0.5, 0.6) is 0 Å². The molecule has 10 nitrogen and oxygen atoms in total. The van der Waals surface area contributed by atoms with Crippen LogP contribution in [0.3, 0.4) is 0 Å². The molecular formula is C18H16N6O4. The Morgan fingerprint density at radius 1 is 1.21 bits per heavy atom. The molecule has 0 unspecified atom stereocenters. The van der Waals surface area contributed by atoms with Gasteiger partial charge in [0.2, 0.25) is 5.91 Å². The van der Waals surface area contributed by atoms with Gasteiger partial charge in [-0.05, 0) is 25.0 Å². The van der Waals surface area contributed by atoms with E-state index in [1.54, 1.807) is 36.1 Å². The number of benzene rings is 1. The molecule has 4 aliphatic rings. The summed E-state index contributed by atoms with van der Waals surface area (Å²) < 4.78 is 1.57. The summed E-state index contributed by atoms with van der Waals surface area (Å²) in [6.07, 6.45) is 2.11. The largest absolute Gasteiger partial charge is 0.379 e. The molecule has 0 atom stereocenters. The first-order valence-electron chi connectivity index (χ1n) is 8.87. The quantitative estimate of drug-likeness (QED) is 0.705. The second-order valence-corrected chi connectivity index (χ2v) is 7.37. The SMILES string of the molecule is Cn1cc(CNc2cccc3c2C(=O)N(C24CC(C2)C(=O)NC4=O)C3=O)nn1. The maximum atomic E-state index is 13.2. The fourth-order valence-electron chi connectivity index (χ4n) is 4.22. The second kappa shape index (κ2) is 5.47. The molecule has 4 heterocycles. The van der Waals surface area contributed by atoms with E-state index in [2.05, 4.69) is 20.9 Å². The molecule has 6 rings (SSSR count). The number of rotatable bonds is 4. The van der Waals surface area contributed by atoms with E-state index in [1.165, 1.54) is 0 Å². The molecule has 1 aliphatic carbocycles. The van der Waals surface area contributed by atoms with E-state index in [4.69, 9.17) is 0 Å². The first-order chi connectivity index (χ1) is 13.4. The first kappa shape index (κ1) is 16.6. The number of aromatic nitrogens is 3. The van der Waals surface area contributed by atoms with Crippen molar-refractivity contribution in [1.29, 1.82) is 0 Å². The van der Waals surface area contributed by atoms with Gasteiger partial charge >= 0.3 is 0 Å². The van der Waals surface area contributed by atoms with Gasteiger partial charge in [0, 0.05) is 24.8 Å². The van der Waals surface area contributed by atoms with E-state index < -0.39 is 23.3 Å². The molecule has 3 aliphatic heterocycles. The molecule has 10 heteroatoms. The van der Waals surface area contributed by atoms with Crippen LogP contribution in [0.2, 0.25) is 0 Å². The predicted octanol–water partition coefficient (Wildman–Crippen LogP) is -0.172. The van der Waals surface area contributed by atoms with Gasteiger partial charge in [0.1, 0.15) is 11.2 Å². The fraction of sp³-hybridized carbons (Fsp3) is 0.333. The topological polar surface area (TPSA) is 126 Å². The first-order valence-corrected chi connectivity index (χ1v) is 8.87. The average Bonchev–Trinajstić information content (AvgIpc) is 3.15. The lowest BCUT2D eigenvalue weighted by atomic mass is 9.63. The number of piperidine rings is 2. The minimum atomic E-state index is -1.27. The van der Waals surface area contributed by atoms with Gasteiger partial charge < -0.3 is 5.32 Å². The van der Waals surface area contributed by atoms with Crippen molar-refractivity contribution in [2.45, 2.75) is 24.9 Å². The number of fused-ring (bicyclic) bond motifs is 3. The fourth-order valence-corrected chi connectivity index (χ4v) is 4.22. The number of hydrogen-bond acceptors (Lipinski definition) is 7. The Bertz CT molecular complexity index is 1070. The van der Waals surface area contributed by atoms with Crippen LogP contribution in [0.15, 0.2) is 24.4 Å². The highest BCUT2D eigenvalue weighted by atomic mass is 16.2. The molecule has 1 aromatic heterocycles. The summed E-state index contributed by atoms with van der Waals surface area (Å²) in [6.45, 7) is 0.327. The number of carbonyl (C=O) groups is 4. The molecule has 28 heavy (non-hydrogen) atoms. The zero-order valence-corrected chi connectivity index (χ0v) is 14.9. The van der Waals surface area contributed by atoms with E-state index in [0.29, 0.717) is 17.9 Å². The number of carbonyl (C=O) groups excluding carboxylic acids is 4. The zero-order valence-electron chi connectivity index (χ0n) is 14.9. The van der Waals surface area contributed by atoms with Crippen molar-refractivity contribution in [3.05, 3.63) is 41.2 Å². The van der Waals surface area contributed by atoms with Crippen molar-refractivity contribution >= 4 is 29.3 Å². The Labute approximate surface area is 158 Å². The molecule has 1 aromatic carbocycles. The third kappa shape index (κ3) is 2.08. The Balaban J connectivity index is 1.47. The number of imide groups is 2. The monoisotopic (exact) mass is 380 g/mol. The number of anilines is 1. The van der Waals surface area contributed by atoms with Crippen molar-refractivity contribution in [2.75, 3.05) is 5.32 Å². The van der Waals surface area contributed by atoms with E-state index in [0.717, 1.165) is 4.90 Å². The number of hydrogen-bond donors (Lipinski definition) is 2. The number of nitrogens with one attached hydrogen (secondary N) is 2. The number of nitrogens with zero attached hydrogens (tertiary/aromatic N) is 4. The third-order valence-corrected chi connectivity index (χ3v) is 5.65. The van der Waals surface area contributed by atoms with Crippen molar-refractivity contribution in [1.82, 2.24) is 25.2 Å². The predicted molar refractivity (Wildman–Crippen MR) is 93.9 cm³/mol. The van der Waals surface area contributed by atoms with Gasteiger partial charge in [0.25, 0.3) is 17.7 Å². The summed E-state index contributed by atoms with van der Waals surface area (Å²) in [5, 5.41) is 13.2. The molecule has 0 radical (unpaired) electrons. The third-order valence-electron chi connectivity index (χ3n) is 5.65. The standard InChI is InChI=1S/C18H16N6O4/c1-23-8-10(21-22-23)7-19-12-4-2-3-11-13(12)16(27)24(15(11)26)18-5-9(6-18)14(25)20-17(18)28/h2-4,8-9,19H,5-7H2,1H3,(H,20,25,28). The summed E-state index contributed by atoms with van der Waals surface area (Å²) in [5.74, 6) is -2.29. The lowest BCUT2D eigenvalue weighted by molar-refractivity contribution is -0.158. The van der Waals surface area contributed by atoms with Gasteiger partial charge in [0.05, 0.1) is 17.7 Å². The maximum absolute atomic E-state index is 13.2. The van der Waals surface area contributed by atoms with Gasteiger partial charge in [-0.2, -0.15) is 0 Å². The van der Waals surface area contributed by atoms with Gasteiger partial charge in [-0.1, -0.05) is 11.3 Å². The van der Waals surface area contributed by atoms with E-state index in [1.807, 2.05) is 0 Å². The van der Waals surface area contributed by atoms with E-state index in [-0.39, 0.29) is 35.8 Å². The van der Waals surface area contributed by atoms with Crippen LogP contribution in [0, 0.1) is 5.92 Å². The summed E-state index contributed by atoms with van der Waals surface area (Å²) in [4.78, 5) is 51.4. The minimum Gasteiger partial charge on any atom is -0.379 e. The number of amides is 4. The molecule has 2 aromatic rings. The summed E-state index contributed by atoms with van der Waals surface area (Å²) in [7, 11) is 1.75. The van der Waals surface area contributed by atoms with Crippen LogP contribution in [0.1, 0.15) is 39.3 Å². The van der Waals surface area contributed by atoms with Crippen LogP contribution in [-0.4, -0.2) is 49.1 Å². The van der Waals surface area contributed by atoms with Crippen LogP contribution in [-0.2, 0) is 23.2 Å². The van der Waals surface area contributed by atoms with Gasteiger partial charge in [-0.15, -0.1) is 5.10 Å². The molecule has 2 N–H and O–H groups in total. The van der Waals surface area contributed by atoms with Crippen molar-refractivity contribution < 1.29 is 19.2 Å². The molecule has 2 saturated heterocycles. The molecule has 0 spiro atoms. The summed E-state index contributed by atoms with van der Waals surface area (Å²) in [6, 6.07) is 4.95. The molecule has 2 bridgehead atoms. The minimum absolute atomic E-state index is 0.186. The second-order valence-electron chi connectivity index (χ2n) is 7.37. The number of aryl methyl sites for hydroxylation is 1. The molecule has 1 saturated carbocycles. The Hall–Kier alpha value is -3.56. The molecule has 3 fully saturated rings. The maximum Gasteiger partial charge on any atom is 0.264 e. The van der Waals surface area contributed by atoms with Gasteiger partial charge in [-0.25, -0.2) is 0 Å². The highest BCUT2D eigenvalue weighted by Crippen LogP contribution is 2.49. The molecule has 142 valence electrons. The van der Waals surface area contributed by atoms with Crippen LogP contribution in [0.25, 0.3) is 0 Å². The van der Waals surface area contributed by atoms with Crippen LogP contribution in [0.4, 0.5) is 5.69 Å². The Morgan fingerprint density at radius 3 is 2.68 bits per heavy atom. The normalized spacial score (nSPS) is 25.5. The van der Waals surface area contributed by atoms with Gasteiger partial charge in [0.15, 0.2) is 0 Å². The zero-order chi connectivity index (χ0) is 19.6. The van der Waals surface area contributed by atoms with Gasteiger partial charge in [-0.3, -0.25) is 34.1 Å². The smallest absolute Gasteiger partial charge is 0.264 e. The molecule has 4 amide bonds. The van der Waals surface area contributed by atoms with Crippen molar-refractivity contribution in [3.63, 3.8) is 0 Å². The average molecular weight is 380 g/mol. The highest BCUT2D eigenvalue weighted by molar-refractivity contribution is 6.26. The lowest BCUT2D eigenvalue weighted by Crippen LogP contribution is -2.74. The highest BCUT2D eigenvalue weighted by Gasteiger charge is 2.65. The Kier molecular flexibility index (Phi) is 3.25. The van der Waals surface area contributed by atoms with Crippen LogP contribution >= 0.6 is 0 Å².